The predicted molar refractivity (Wildman–Crippen MR) is 77.4 cm³/mol. The van der Waals surface area contributed by atoms with Gasteiger partial charge in [0.05, 0.1) is 16.6 Å². The maximum absolute atomic E-state index is 12.5. The van der Waals surface area contributed by atoms with Crippen LogP contribution in [0.5, 0.6) is 0 Å². The van der Waals surface area contributed by atoms with Crippen molar-refractivity contribution in [2.45, 2.75) is 45.1 Å². The van der Waals surface area contributed by atoms with Crippen LogP contribution in [0.1, 0.15) is 44.1 Å². The molecule has 1 fully saturated rings. The number of H-pyrrole nitrogens is 1. The molecular weight excluding hydrogens is 260 g/mol. The number of rotatable bonds is 4. The molecule has 6 heteroatoms. The lowest BCUT2D eigenvalue weighted by molar-refractivity contribution is -0.128. The van der Waals surface area contributed by atoms with Crippen molar-refractivity contribution in [3.63, 3.8) is 0 Å². The number of nitrogens with zero attached hydrogens (tertiary/aromatic N) is 1. The Morgan fingerprint density at radius 2 is 2.11 bits per heavy atom. The number of hydrogen-bond donors (Lipinski definition) is 3. The molecule has 1 aliphatic rings. The fourth-order valence-corrected chi connectivity index (χ4v) is 2.94. The minimum atomic E-state index is -0.657. The van der Waals surface area contributed by atoms with Crippen molar-refractivity contribution in [1.29, 1.82) is 0 Å². The van der Waals surface area contributed by atoms with E-state index in [2.05, 4.69) is 15.5 Å². The Kier molecular flexibility index (Phi) is 4.52. The first-order chi connectivity index (χ1) is 9.15. The normalized spacial score (nSPS) is 18.5. The molecule has 4 N–H and O–H groups in total. The Hall–Kier alpha value is -1.43. The number of aromatic amines is 1. The van der Waals surface area contributed by atoms with E-state index >= 15 is 0 Å². The summed E-state index contributed by atoms with van der Waals surface area (Å²) in [7, 11) is 0. The van der Waals surface area contributed by atoms with Gasteiger partial charge in [-0.1, -0.05) is 37.9 Å². The smallest absolute Gasteiger partial charge is 0.233 e. The lowest BCUT2D eigenvalue weighted by Gasteiger charge is -2.30. The minimum absolute atomic E-state index is 0.0388. The molecule has 0 bridgehead atoms. The highest BCUT2D eigenvalue weighted by molar-refractivity contribution is 7.80. The van der Waals surface area contributed by atoms with E-state index in [1.165, 1.54) is 0 Å². The van der Waals surface area contributed by atoms with Crippen molar-refractivity contribution in [2.75, 3.05) is 0 Å². The molecule has 5 nitrogen and oxygen atoms in total. The van der Waals surface area contributed by atoms with Crippen molar-refractivity contribution in [2.24, 2.45) is 11.1 Å². The summed E-state index contributed by atoms with van der Waals surface area (Å²) in [6.45, 7) is 0.458. The van der Waals surface area contributed by atoms with E-state index in [9.17, 15) is 4.79 Å². The quantitative estimate of drug-likeness (QED) is 0.578. The largest absolute Gasteiger partial charge is 0.392 e. The molecule has 19 heavy (non-hydrogen) atoms. The molecule has 0 aliphatic heterocycles. The molecule has 1 amide bonds. The zero-order valence-corrected chi connectivity index (χ0v) is 11.8. The highest BCUT2D eigenvalue weighted by Gasteiger charge is 2.41. The molecular formula is C13H20N4OS. The summed E-state index contributed by atoms with van der Waals surface area (Å²) in [6.07, 6.45) is 9.31. The van der Waals surface area contributed by atoms with Gasteiger partial charge in [0.15, 0.2) is 0 Å². The Morgan fingerprint density at radius 1 is 1.42 bits per heavy atom. The van der Waals surface area contributed by atoms with Crippen LogP contribution in [0.2, 0.25) is 0 Å². The summed E-state index contributed by atoms with van der Waals surface area (Å²) >= 11 is 5.18. The number of aromatic nitrogens is 2. The lowest BCUT2D eigenvalue weighted by Crippen LogP contribution is -2.48. The first kappa shape index (κ1) is 14.0. The van der Waals surface area contributed by atoms with Gasteiger partial charge in [-0.2, -0.15) is 5.10 Å². The van der Waals surface area contributed by atoms with Gasteiger partial charge in [0.25, 0.3) is 0 Å². The minimum Gasteiger partial charge on any atom is -0.392 e. The first-order valence-corrected chi connectivity index (χ1v) is 7.12. The van der Waals surface area contributed by atoms with E-state index in [-0.39, 0.29) is 5.91 Å². The summed E-state index contributed by atoms with van der Waals surface area (Å²) in [6, 6.07) is 0. The molecule has 0 saturated heterocycles. The van der Waals surface area contributed by atoms with Gasteiger partial charge in [0.2, 0.25) is 5.91 Å². The van der Waals surface area contributed by atoms with Crippen molar-refractivity contribution in [3.8, 4) is 0 Å². The maximum Gasteiger partial charge on any atom is 0.233 e. The summed E-state index contributed by atoms with van der Waals surface area (Å²) in [4.78, 5) is 12.8. The topological polar surface area (TPSA) is 83.8 Å². The van der Waals surface area contributed by atoms with E-state index in [4.69, 9.17) is 18.0 Å². The average Bonchev–Trinajstić information content (AvgIpc) is 2.78. The molecule has 1 saturated carbocycles. The van der Waals surface area contributed by atoms with Crippen LogP contribution in [0.4, 0.5) is 0 Å². The number of nitrogens with one attached hydrogen (secondary N) is 2. The van der Waals surface area contributed by atoms with E-state index in [1.54, 1.807) is 12.4 Å². The van der Waals surface area contributed by atoms with Gasteiger partial charge in [-0.15, -0.1) is 0 Å². The van der Waals surface area contributed by atoms with E-state index in [1.807, 2.05) is 0 Å². The zero-order valence-electron chi connectivity index (χ0n) is 10.9. The molecule has 1 aliphatic carbocycles. The van der Waals surface area contributed by atoms with Gasteiger partial charge in [0.1, 0.15) is 0 Å². The molecule has 104 valence electrons. The van der Waals surface area contributed by atoms with Crippen LogP contribution < -0.4 is 11.1 Å². The predicted octanol–water partition coefficient (Wildman–Crippen LogP) is 1.65. The van der Waals surface area contributed by atoms with Gasteiger partial charge in [-0.25, -0.2) is 0 Å². The molecule has 1 heterocycles. The fourth-order valence-electron chi connectivity index (χ4n) is 2.64. The van der Waals surface area contributed by atoms with Crippen molar-refractivity contribution < 1.29 is 4.79 Å². The number of thiocarbonyl (C=S) groups is 1. The third kappa shape index (κ3) is 3.12. The third-order valence-corrected chi connectivity index (χ3v) is 4.26. The second-order valence-electron chi connectivity index (χ2n) is 5.15. The summed E-state index contributed by atoms with van der Waals surface area (Å²) in [5.41, 5.74) is 6.16. The number of amides is 1. The molecule has 2 rings (SSSR count). The third-order valence-electron chi connectivity index (χ3n) is 3.87. The fraction of sp³-hybridized carbons (Fsp3) is 0.615. The first-order valence-electron chi connectivity index (χ1n) is 6.71. The van der Waals surface area contributed by atoms with Gasteiger partial charge >= 0.3 is 0 Å². The highest BCUT2D eigenvalue weighted by Crippen LogP contribution is 2.35. The van der Waals surface area contributed by atoms with Crippen LogP contribution in [0.25, 0.3) is 0 Å². The van der Waals surface area contributed by atoms with Gasteiger partial charge in [-0.3, -0.25) is 9.89 Å². The number of hydrogen-bond acceptors (Lipinski definition) is 3. The Balaban J connectivity index is 2.05. The molecule has 1 aromatic heterocycles. The molecule has 0 radical (unpaired) electrons. The maximum atomic E-state index is 12.5. The second kappa shape index (κ2) is 6.14. The summed E-state index contributed by atoms with van der Waals surface area (Å²) in [5, 5.41) is 9.52. The number of nitrogens with two attached hydrogens (primary N) is 1. The van der Waals surface area contributed by atoms with Crippen molar-refractivity contribution >= 4 is 23.1 Å². The van der Waals surface area contributed by atoms with Crippen LogP contribution in [-0.2, 0) is 11.3 Å². The molecule has 0 spiro atoms. The van der Waals surface area contributed by atoms with Crippen LogP contribution in [0.15, 0.2) is 12.4 Å². The SMILES string of the molecule is NC(=S)C1(C(=O)NCc2cn[nH]c2)CCCCCC1. The van der Waals surface area contributed by atoms with Crippen molar-refractivity contribution in [1.82, 2.24) is 15.5 Å². The second-order valence-corrected chi connectivity index (χ2v) is 5.59. The van der Waals surface area contributed by atoms with Gasteiger partial charge in [-0.05, 0) is 12.8 Å². The van der Waals surface area contributed by atoms with E-state index < -0.39 is 5.41 Å². The Labute approximate surface area is 118 Å². The average molecular weight is 280 g/mol. The van der Waals surface area contributed by atoms with E-state index in [0.29, 0.717) is 11.5 Å². The standard InChI is InChI=1S/C13H20N4OS/c14-11(19)13(5-3-1-2-4-6-13)12(18)15-7-10-8-16-17-9-10/h8-9H,1-7H2,(H2,14,19)(H,15,18)(H,16,17). The van der Waals surface area contributed by atoms with E-state index in [0.717, 1.165) is 44.1 Å². The van der Waals surface area contributed by atoms with Crippen LogP contribution in [0, 0.1) is 5.41 Å². The zero-order chi connectivity index (χ0) is 13.7. The van der Waals surface area contributed by atoms with Crippen LogP contribution in [-0.4, -0.2) is 21.1 Å². The molecule has 0 unspecified atom stereocenters. The molecule has 0 aromatic carbocycles. The summed E-state index contributed by atoms with van der Waals surface area (Å²) < 4.78 is 0. The molecule has 1 aromatic rings. The Bertz CT molecular complexity index is 436. The lowest BCUT2D eigenvalue weighted by atomic mass is 9.79. The monoisotopic (exact) mass is 280 g/mol. The number of carbonyl (C=O) groups excluding carboxylic acids is 1. The van der Waals surface area contributed by atoms with Crippen LogP contribution in [0.3, 0.4) is 0 Å². The Morgan fingerprint density at radius 3 is 2.63 bits per heavy atom. The van der Waals surface area contributed by atoms with Crippen LogP contribution >= 0.6 is 12.2 Å². The summed E-state index contributed by atoms with van der Waals surface area (Å²) in [5.74, 6) is -0.0388. The van der Waals surface area contributed by atoms with Crippen molar-refractivity contribution in [3.05, 3.63) is 18.0 Å². The van der Waals surface area contributed by atoms with Gasteiger partial charge in [0, 0.05) is 18.3 Å². The highest BCUT2D eigenvalue weighted by atomic mass is 32.1. The van der Waals surface area contributed by atoms with Gasteiger partial charge < -0.3 is 11.1 Å². The molecule has 0 atom stereocenters. The number of carbonyl (C=O) groups is 1.